The van der Waals surface area contributed by atoms with E-state index in [0.29, 0.717) is 38.9 Å². The van der Waals surface area contributed by atoms with E-state index in [2.05, 4.69) is 4.90 Å². The monoisotopic (exact) mass is 471 g/mol. The Labute approximate surface area is 189 Å². The van der Waals surface area contributed by atoms with E-state index in [-0.39, 0.29) is 47.5 Å². The molecular weight excluding hydrogens is 438 g/mol. The van der Waals surface area contributed by atoms with Crippen molar-refractivity contribution in [2.45, 2.75) is 69.5 Å². The van der Waals surface area contributed by atoms with E-state index in [0.717, 1.165) is 5.56 Å². The highest BCUT2D eigenvalue weighted by Crippen LogP contribution is 2.37. The van der Waals surface area contributed by atoms with Gasteiger partial charge in [0.2, 0.25) is 0 Å². The predicted molar refractivity (Wildman–Crippen MR) is 117 cm³/mol. The molecule has 9 nitrogen and oxygen atoms in total. The zero-order valence-corrected chi connectivity index (χ0v) is 19.6. The Hall–Kier alpha value is -2.01. The minimum atomic E-state index is -4.02. The van der Waals surface area contributed by atoms with E-state index in [1.807, 2.05) is 6.92 Å². The van der Waals surface area contributed by atoms with Gasteiger partial charge in [0.15, 0.2) is 0 Å². The van der Waals surface area contributed by atoms with Crippen molar-refractivity contribution >= 4 is 22.1 Å². The summed E-state index contributed by atoms with van der Waals surface area (Å²) in [6, 6.07) is 6.08. The fourth-order valence-electron chi connectivity index (χ4n) is 4.29. The summed E-state index contributed by atoms with van der Waals surface area (Å²) in [5.41, 5.74) is 0.956. The number of carbonyl (C=O) groups excluding carboxylic acids is 2. The van der Waals surface area contributed by atoms with Gasteiger partial charge in [0.1, 0.15) is 0 Å². The maximum absolute atomic E-state index is 11.9. The van der Waals surface area contributed by atoms with Crippen LogP contribution >= 0.6 is 0 Å². The van der Waals surface area contributed by atoms with Crippen molar-refractivity contribution in [1.82, 2.24) is 4.90 Å². The Kier molecular flexibility index (Phi) is 9.63. The summed E-state index contributed by atoms with van der Waals surface area (Å²) in [5.74, 6) is -0.510. The van der Waals surface area contributed by atoms with Crippen LogP contribution < -0.4 is 0 Å². The van der Waals surface area contributed by atoms with Crippen molar-refractivity contribution in [2.75, 3.05) is 19.8 Å². The highest BCUT2D eigenvalue weighted by Gasteiger charge is 2.44. The number of hydrogen-bond donors (Lipinski definition) is 2. The summed E-state index contributed by atoms with van der Waals surface area (Å²) in [5, 5.41) is 9.94. The molecule has 1 aromatic carbocycles. The first kappa shape index (κ1) is 26.2. The second kappa shape index (κ2) is 11.7. The van der Waals surface area contributed by atoms with Gasteiger partial charge in [-0.3, -0.25) is 19.0 Å². The van der Waals surface area contributed by atoms with Crippen LogP contribution in [0.2, 0.25) is 0 Å². The summed E-state index contributed by atoms with van der Waals surface area (Å²) in [6.07, 6.45) is 2.15. The van der Waals surface area contributed by atoms with Gasteiger partial charge >= 0.3 is 11.9 Å². The van der Waals surface area contributed by atoms with Gasteiger partial charge in [0.05, 0.1) is 36.7 Å². The lowest BCUT2D eigenvalue weighted by molar-refractivity contribution is -0.157. The molecule has 2 aliphatic heterocycles. The van der Waals surface area contributed by atoms with Crippen LogP contribution in [0.15, 0.2) is 29.2 Å². The maximum Gasteiger partial charge on any atom is 0.320 e. The molecule has 2 fully saturated rings. The fourth-order valence-corrected chi connectivity index (χ4v) is 4.77. The average Bonchev–Trinajstić information content (AvgIpc) is 2.69. The Balaban J connectivity index is 0.000000278. The first-order valence-corrected chi connectivity index (χ1v) is 12.3. The van der Waals surface area contributed by atoms with E-state index in [1.165, 1.54) is 12.1 Å². The molecule has 0 aromatic heterocycles. The molecule has 1 aromatic rings. The van der Waals surface area contributed by atoms with Gasteiger partial charge in [-0.1, -0.05) is 17.7 Å². The summed E-state index contributed by atoms with van der Waals surface area (Å²) in [4.78, 5) is 25.7. The minimum absolute atomic E-state index is 0.0475. The maximum atomic E-state index is 11.9. The lowest BCUT2D eigenvalue weighted by atomic mass is 9.77. The van der Waals surface area contributed by atoms with Gasteiger partial charge in [-0.15, -0.1) is 0 Å². The number of aliphatic hydroxyl groups is 1. The van der Waals surface area contributed by atoms with E-state index >= 15 is 0 Å². The van der Waals surface area contributed by atoms with Crippen molar-refractivity contribution in [3.63, 3.8) is 0 Å². The van der Waals surface area contributed by atoms with Crippen LogP contribution in [-0.2, 0) is 29.2 Å². The number of carbonyl (C=O) groups is 2. The number of ether oxygens (including phenoxy) is 2. The topological polar surface area (TPSA) is 130 Å². The Morgan fingerprint density at radius 3 is 2.00 bits per heavy atom. The number of benzene rings is 1. The third kappa shape index (κ3) is 7.54. The second-order valence-electron chi connectivity index (χ2n) is 8.12. The van der Waals surface area contributed by atoms with Crippen LogP contribution in [0.1, 0.15) is 45.1 Å². The fraction of sp³-hybridized carbons (Fsp3) is 0.636. The Bertz CT molecular complexity index is 854. The number of esters is 2. The third-order valence-corrected chi connectivity index (χ3v) is 6.56. The molecule has 180 valence electrons. The van der Waals surface area contributed by atoms with E-state index in [4.69, 9.17) is 14.0 Å². The van der Waals surface area contributed by atoms with Crippen molar-refractivity contribution < 1.29 is 37.1 Å². The molecule has 10 heteroatoms. The normalized spacial score (nSPS) is 25.3. The number of nitrogens with zero attached hydrogens (tertiary/aromatic N) is 1. The van der Waals surface area contributed by atoms with Gasteiger partial charge in [0, 0.05) is 12.1 Å². The molecular formula is C22H33NO8S. The van der Waals surface area contributed by atoms with E-state index in [1.54, 1.807) is 26.0 Å². The quantitative estimate of drug-likeness (QED) is 0.472. The van der Waals surface area contributed by atoms with Crippen LogP contribution in [0.5, 0.6) is 0 Å². The van der Waals surface area contributed by atoms with Crippen LogP contribution in [0, 0.1) is 12.8 Å². The molecule has 3 rings (SSSR count). The van der Waals surface area contributed by atoms with Gasteiger partial charge in [0.25, 0.3) is 10.1 Å². The number of fused-ring (bicyclic) bond motifs is 2. The number of aryl methyl sites for hydroxylation is 1. The average molecular weight is 472 g/mol. The zero-order chi connectivity index (χ0) is 23.9. The SMILES string of the molecule is CCOC(=O)CN1C2CC(O)CC1CC(C(=O)OCC)C2.Cc1ccc(S(=O)(=O)O)cc1. The summed E-state index contributed by atoms with van der Waals surface area (Å²) < 4.78 is 39.7. The second-order valence-corrected chi connectivity index (χ2v) is 9.54. The molecule has 2 aliphatic rings. The largest absolute Gasteiger partial charge is 0.466 e. The molecule has 0 amide bonds. The third-order valence-electron chi connectivity index (χ3n) is 5.70. The minimum Gasteiger partial charge on any atom is -0.466 e. The van der Waals surface area contributed by atoms with Crippen molar-refractivity contribution in [1.29, 1.82) is 0 Å². The molecule has 2 bridgehead atoms. The molecule has 0 saturated carbocycles. The zero-order valence-electron chi connectivity index (χ0n) is 18.8. The van der Waals surface area contributed by atoms with Crippen molar-refractivity contribution in [3.05, 3.63) is 29.8 Å². The lowest BCUT2D eigenvalue weighted by Crippen LogP contribution is -2.57. The van der Waals surface area contributed by atoms with Crippen LogP contribution in [0.3, 0.4) is 0 Å². The number of rotatable bonds is 6. The highest BCUT2D eigenvalue weighted by atomic mass is 32.2. The number of hydrogen-bond acceptors (Lipinski definition) is 8. The highest BCUT2D eigenvalue weighted by molar-refractivity contribution is 7.85. The number of aliphatic hydroxyl groups excluding tert-OH is 1. The van der Waals surface area contributed by atoms with E-state index in [9.17, 15) is 23.1 Å². The molecule has 2 atom stereocenters. The smallest absolute Gasteiger partial charge is 0.320 e. The lowest BCUT2D eigenvalue weighted by Gasteiger charge is -2.49. The Morgan fingerprint density at radius 2 is 1.53 bits per heavy atom. The number of piperidine rings is 2. The van der Waals surface area contributed by atoms with Gasteiger partial charge in [-0.25, -0.2) is 0 Å². The van der Waals surface area contributed by atoms with Crippen LogP contribution in [0.25, 0.3) is 0 Å². The molecule has 0 spiro atoms. The van der Waals surface area contributed by atoms with Crippen molar-refractivity contribution in [3.8, 4) is 0 Å². The molecule has 0 radical (unpaired) electrons. The molecule has 2 N–H and O–H groups in total. The molecule has 32 heavy (non-hydrogen) atoms. The molecule has 2 heterocycles. The predicted octanol–water partition coefficient (Wildman–Crippen LogP) is 1.96. The molecule has 2 saturated heterocycles. The van der Waals surface area contributed by atoms with E-state index < -0.39 is 10.1 Å². The van der Waals surface area contributed by atoms with Crippen molar-refractivity contribution in [2.24, 2.45) is 5.92 Å². The molecule has 2 unspecified atom stereocenters. The van der Waals surface area contributed by atoms with Gasteiger partial charge < -0.3 is 14.6 Å². The van der Waals surface area contributed by atoms with Crippen LogP contribution in [0.4, 0.5) is 0 Å². The van der Waals surface area contributed by atoms with Gasteiger partial charge in [-0.05, 0) is 58.6 Å². The van der Waals surface area contributed by atoms with Crippen LogP contribution in [-0.4, -0.2) is 72.9 Å². The standard InChI is InChI=1S/C15H25NO5.C7H8O3S/c1-3-20-14(18)9-16-11-5-10(15(19)21-4-2)6-12(16)8-13(17)7-11;1-6-2-4-7(5-3-6)11(8,9)10/h10-13,17H,3-9H2,1-2H3;2-5H,1H3,(H,8,9,10). The first-order chi connectivity index (χ1) is 15.0. The first-order valence-electron chi connectivity index (χ1n) is 10.8. The Morgan fingerprint density at radius 1 is 1.00 bits per heavy atom. The summed E-state index contributed by atoms with van der Waals surface area (Å²) in [6.45, 7) is 6.43. The van der Waals surface area contributed by atoms with Gasteiger partial charge in [-0.2, -0.15) is 8.42 Å². The summed E-state index contributed by atoms with van der Waals surface area (Å²) in [7, 11) is -4.02. The molecule has 0 aliphatic carbocycles. The summed E-state index contributed by atoms with van der Waals surface area (Å²) >= 11 is 0.